The number of hydrogen-bond acceptors (Lipinski definition) is 3. The highest BCUT2D eigenvalue weighted by atomic mass is 19.4. The van der Waals surface area contributed by atoms with Gasteiger partial charge in [-0.25, -0.2) is 4.68 Å². The third-order valence-electron chi connectivity index (χ3n) is 1.91. The van der Waals surface area contributed by atoms with Gasteiger partial charge in [0.2, 0.25) is 0 Å². The van der Waals surface area contributed by atoms with Crippen LogP contribution in [0.5, 0.6) is 0 Å². The summed E-state index contributed by atoms with van der Waals surface area (Å²) >= 11 is 0. The first-order valence-corrected chi connectivity index (χ1v) is 4.34. The lowest BCUT2D eigenvalue weighted by molar-refractivity contribution is -0.162. The number of halogens is 3. The smallest absolute Gasteiger partial charge is 0.268 e. The first-order valence-electron chi connectivity index (χ1n) is 4.34. The molecule has 1 rings (SSSR count). The first kappa shape index (κ1) is 12.2. The van der Waals surface area contributed by atoms with Crippen LogP contribution in [0.15, 0.2) is 17.1 Å². The molecule has 1 aromatic heterocycles. The van der Waals surface area contributed by atoms with E-state index in [0.29, 0.717) is 10.2 Å². The van der Waals surface area contributed by atoms with Crippen molar-refractivity contribution in [2.45, 2.75) is 19.6 Å². The number of alkyl halides is 3. The SMILES string of the molecule is Cc1cnn(CC(C#N)C(F)(F)F)c(=O)c1. The first-order chi connectivity index (χ1) is 7.34. The van der Waals surface area contributed by atoms with E-state index in [-0.39, 0.29) is 0 Å². The second-order valence-corrected chi connectivity index (χ2v) is 3.28. The molecule has 0 saturated heterocycles. The van der Waals surface area contributed by atoms with Crippen molar-refractivity contribution >= 4 is 0 Å². The second kappa shape index (κ2) is 4.35. The normalized spacial score (nSPS) is 13.2. The minimum Gasteiger partial charge on any atom is -0.268 e. The Kier molecular flexibility index (Phi) is 3.32. The summed E-state index contributed by atoms with van der Waals surface area (Å²) in [7, 11) is 0. The molecule has 86 valence electrons. The Morgan fingerprint density at radius 1 is 1.62 bits per heavy atom. The molecule has 1 atom stereocenters. The fourth-order valence-electron chi connectivity index (χ4n) is 1.05. The van der Waals surface area contributed by atoms with E-state index in [1.54, 1.807) is 6.92 Å². The van der Waals surface area contributed by atoms with Crippen LogP contribution in [0.3, 0.4) is 0 Å². The Hall–Kier alpha value is -1.84. The zero-order valence-electron chi connectivity index (χ0n) is 8.32. The third-order valence-corrected chi connectivity index (χ3v) is 1.91. The van der Waals surface area contributed by atoms with E-state index in [9.17, 15) is 18.0 Å². The molecule has 1 aromatic rings. The molecular weight excluding hydrogens is 223 g/mol. The van der Waals surface area contributed by atoms with Crippen LogP contribution in [-0.4, -0.2) is 16.0 Å². The van der Waals surface area contributed by atoms with Crippen molar-refractivity contribution in [2.24, 2.45) is 5.92 Å². The number of rotatable bonds is 2. The molecule has 0 aliphatic heterocycles. The van der Waals surface area contributed by atoms with Gasteiger partial charge < -0.3 is 0 Å². The van der Waals surface area contributed by atoms with Crippen molar-refractivity contribution in [3.05, 3.63) is 28.2 Å². The number of nitriles is 1. The van der Waals surface area contributed by atoms with Gasteiger partial charge >= 0.3 is 6.18 Å². The van der Waals surface area contributed by atoms with Crippen LogP contribution in [-0.2, 0) is 6.54 Å². The van der Waals surface area contributed by atoms with Gasteiger partial charge in [0, 0.05) is 6.07 Å². The fraction of sp³-hybridized carbons (Fsp3) is 0.444. The molecule has 16 heavy (non-hydrogen) atoms. The van der Waals surface area contributed by atoms with E-state index < -0.39 is 24.2 Å². The van der Waals surface area contributed by atoms with Crippen molar-refractivity contribution in [2.75, 3.05) is 0 Å². The van der Waals surface area contributed by atoms with E-state index in [0.717, 1.165) is 12.1 Å². The van der Waals surface area contributed by atoms with Crippen LogP contribution >= 0.6 is 0 Å². The monoisotopic (exact) mass is 231 g/mol. The highest BCUT2D eigenvalue weighted by Crippen LogP contribution is 2.26. The van der Waals surface area contributed by atoms with Gasteiger partial charge in [-0.2, -0.15) is 23.5 Å². The van der Waals surface area contributed by atoms with Crippen molar-refractivity contribution in [3.8, 4) is 6.07 Å². The lowest BCUT2D eigenvalue weighted by Crippen LogP contribution is -2.32. The van der Waals surface area contributed by atoms with E-state index in [2.05, 4.69) is 5.10 Å². The Bertz CT molecular complexity index is 472. The summed E-state index contributed by atoms with van der Waals surface area (Å²) in [6.45, 7) is 0.823. The molecule has 0 saturated carbocycles. The van der Waals surface area contributed by atoms with Gasteiger partial charge in [-0.05, 0) is 12.5 Å². The van der Waals surface area contributed by atoms with Gasteiger partial charge in [-0.3, -0.25) is 4.79 Å². The van der Waals surface area contributed by atoms with Crippen molar-refractivity contribution in [1.82, 2.24) is 9.78 Å². The lowest BCUT2D eigenvalue weighted by Gasteiger charge is -2.13. The minimum atomic E-state index is -4.65. The molecule has 0 aliphatic carbocycles. The molecule has 4 nitrogen and oxygen atoms in total. The molecule has 0 radical (unpaired) electrons. The molecular formula is C9H8F3N3O. The molecule has 0 spiro atoms. The maximum absolute atomic E-state index is 12.3. The Morgan fingerprint density at radius 3 is 2.69 bits per heavy atom. The quantitative estimate of drug-likeness (QED) is 0.769. The molecule has 0 amide bonds. The highest BCUT2D eigenvalue weighted by Gasteiger charge is 2.40. The van der Waals surface area contributed by atoms with Gasteiger partial charge in [0.25, 0.3) is 5.56 Å². The summed E-state index contributed by atoms with van der Waals surface area (Å²) in [6, 6.07) is 2.27. The van der Waals surface area contributed by atoms with Crippen molar-refractivity contribution in [1.29, 1.82) is 5.26 Å². The van der Waals surface area contributed by atoms with Crippen LogP contribution in [0.4, 0.5) is 13.2 Å². The van der Waals surface area contributed by atoms with E-state index in [4.69, 9.17) is 5.26 Å². The summed E-state index contributed by atoms with van der Waals surface area (Å²) < 4.78 is 37.4. The molecule has 0 fully saturated rings. The molecule has 0 aromatic carbocycles. The lowest BCUT2D eigenvalue weighted by atomic mass is 10.1. The molecule has 0 aliphatic rings. The van der Waals surface area contributed by atoms with Gasteiger partial charge in [-0.1, -0.05) is 0 Å². The molecule has 7 heteroatoms. The van der Waals surface area contributed by atoms with Crippen LogP contribution in [0.2, 0.25) is 0 Å². The number of nitrogens with zero attached hydrogens (tertiary/aromatic N) is 3. The molecule has 0 bridgehead atoms. The summed E-state index contributed by atoms with van der Waals surface area (Å²) in [5.41, 5.74) is -0.0914. The Morgan fingerprint density at radius 2 is 2.25 bits per heavy atom. The summed E-state index contributed by atoms with van der Waals surface area (Å²) in [5.74, 6) is -2.22. The minimum absolute atomic E-state index is 0.557. The summed E-state index contributed by atoms with van der Waals surface area (Å²) in [6.07, 6.45) is -3.38. The standard InChI is InChI=1S/C9H8F3N3O/c1-6-2-8(16)15(14-4-6)5-7(3-13)9(10,11)12/h2,4,7H,5H2,1H3. The van der Waals surface area contributed by atoms with Gasteiger partial charge in [-0.15, -0.1) is 0 Å². The van der Waals surface area contributed by atoms with E-state index in [1.165, 1.54) is 6.20 Å². The number of aromatic nitrogens is 2. The zero-order valence-corrected chi connectivity index (χ0v) is 8.32. The fourth-order valence-corrected chi connectivity index (χ4v) is 1.05. The Balaban J connectivity index is 2.97. The van der Waals surface area contributed by atoms with Gasteiger partial charge in [0.1, 0.15) is 0 Å². The maximum Gasteiger partial charge on any atom is 0.406 e. The van der Waals surface area contributed by atoms with Crippen LogP contribution in [0, 0.1) is 24.2 Å². The van der Waals surface area contributed by atoms with Gasteiger partial charge in [0.15, 0.2) is 5.92 Å². The molecule has 1 heterocycles. The molecule has 0 N–H and O–H groups in total. The highest BCUT2D eigenvalue weighted by molar-refractivity contribution is 5.02. The average Bonchev–Trinajstić information content (AvgIpc) is 2.14. The second-order valence-electron chi connectivity index (χ2n) is 3.28. The average molecular weight is 231 g/mol. The topological polar surface area (TPSA) is 58.7 Å². The maximum atomic E-state index is 12.3. The van der Waals surface area contributed by atoms with Gasteiger partial charge in [0.05, 0.1) is 18.8 Å². The van der Waals surface area contributed by atoms with Crippen LogP contribution in [0.25, 0.3) is 0 Å². The Labute approximate surface area is 88.9 Å². The van der Waals surface area contributed by atoms with Crippen molar-refractivity contribution < 1.29 is 13.2 Å². The summed E-state index contributed by atoms with van der Waals surface area (Å²) in [4.78, 5) is 11.2. The predicted molar refractivity (Wildman–Crippen MR) is 48.4 cm³/mol. The largest absolute Gasteiger partial charge is 0.406 e. The summed E-state index contributed by atoms with van der Waals surface area (Å²) in [5, 5.41) is 11.9. The zero-order chi connectivity index (χ0) is 12.3. The molecule has 1 unspecified atom stereocenters. The van der Waals surface area contributed by atoms with Crippen LogP contribution in [0.1, 0.15) is 5.56 Å². The third kappa shape index (κ3) is 2.82. The van der Waals surface area contributed by atoms with E-state index >= 15 is 0 Å². The number of aryl methyl sites for hydroxylation is 1. The van der Waals surface area contributed by atoms with Crippen molar-refractivity contribution in [3.63, 3.8) is 0 Å². The predicted octanol–water partition coefficient (Wildman–Crippen LogP) is 1.25. The van der Waals surface area contributed by atoms with E-state index in [1.807, 2.05) is 0 Å². The van der Waals surface area contributed by atoms with Crippen LogP contribution < -0.4 is 5.56 Å². The number of hydrogen-bond donors (Lipinski definition) is 0.